The second-order valence-electron chi connectivity index (χ2n) is 7.60. The number of ether oxygens (including phenoxy) is 3. The first-order valence-electron chi connectivity index (χ1n) is 9.71. The molecule has 0 unspecified atom stereocenters. The molecule has 30 heavy (non-hydrogen) atoms. The van der Waals surface area contributed by atoms with E-state index < -0.39 is 0 Å². The molecule has 0 atom stereocenters. The molecule has 6 heteroatoms. The van der Waals surface area contributed by atoms with Gasteiger partial charge in [-0.15, -0.1) is 0 Å². The summed E-state index contributed by atoms with van der Waals surface area (Å²) in [5.41, 5.74) is 1.46. The third-order valence-corrected chi connectivity index (χ3v) is 4.77. The third-order valence-electron chi connectivity index (χ3n) is 4.77. The van der Waals surface area contributed by atoms with Crippen molar-refractivity contribution in [1.82, 2.24) is 5.32 Å². The Hall–Kier alpha value is -3.59. The van der Waals surface area contributed by atoms with Gasteiger partial charge < -0.3 is 23.9 Å². The van der Waals surface area contributed by atoms with Crippen LogP contribution in [0.25, 0.3) is 11.0 Å². The highest BCUT2D eigenvalue weighted by Crippen LogP contribution is 2.41. The summed E-state index contributed by atoms with van der Waals surface area (Å²) in [4.78, 5) is 12.3. The molecule has 1 aliphatic rings. The first kappa shape index (κ1) is 19.7. The van der Waals surface area contributed by atoms with Crippen molar-refractivity contribution < 1.29 is 23.4 Å². The van der Waals surface area contributed by atoms with Crippen molar-refractivity contribution >= 4 is 16.9 Å². The summed E-state index contributed by atoms with van der Waals surface area (Å²) in [5.74, 6) is 7.73. The predicted octanol–water partition coefficient (Wildman–Crippen LogP) is 3.97. The van der Waals surface area contributed by atoms with E-state index in [9.17, 15) is 4.79 Å². The first-order valence-corrected chi connectivity index (χ1v) is 9.71. The summed E-state index contributed by atoms with van der Waals surface area (Å²) in [6.45, 7) is 4.50. The molecule has 1 aliphatic heterocycles. The van der Waals surface area contributed by atoms with E-state index >= 15 is 0 Å². The zero-order valence-corrected chi connectivity index (χ0v) is 17.2. The highest BCUT2D eigenvalue weighted by atomic mass is 16.5. The molecular formula is C24H23NO5. The van der Waals surface area contributed by atoms with Gasteiger partial charge in [0, 0.05) is 17.4 Å². The lowest BCUT2D eigenvalue weighted by Crippen LogP contribution is -2.24. The maximum Gasteiger partial charge on any atom is 0.287 e. The summed E-state index contributed by atoms with van der Waals surface area (Å²) in [6, 6.07) is 13.0. The number of carbonyl (C=O) groups excluding carboxylic acids is 1. The Labute approximate surface area is 175 Å². The quantitative estimate of drug-likeness (QED) is 0.651. The van der Waals surface area contributed by atoms with E-state index in [4.69, 9.17) is 18.6 Å². The van der Waals surface area contributed by atoms with E-state index in [0.717, 1.165) is 23.1 Å². The van der Waals surface area contributed by atoms with Crippen molar-refractivity contribution in [2.24, 2.45) is 0 Å². The molecule has 1 aromatic heterocycles. The maximum atomic E-state index is 12.3. The second kappa shape index (κ2) is 8.03. The van der Waals surface area contributed by atoms with Gasteiger partial charge in [0.1, 0.15) is 12.2 Å². The molecule has 0 saturated heterocycles. The van der Waals surface area contributed by atoms with Crippen molar-refractivity contribution in [3.05, 3.63) is 53.8 Å². The normalized spacial score (nSPS) is 13.7. The molecule has 4 rings (SSSR count). The lowest BCUT2D eigenvalue weighted by molar-refractivity contribution is 0.0933. The molecule has 0 spiro atoms. The van der Waals surface area contributed by atoms with E-state index in [-0.39, 0.29) is 30.4 Å². The zero-order valence-electron chi connectivity index (χ0n) is 17.2. The largest absolute Gasteiger partial charge is 0.493 e. The number of amides is 1. The smallest absolute Gasteiger partial charge is 0.287 e. The Balaban J connectivity index is 1.30. The van der Waals surface area contributed by atoms with Crippen LogP contribution in [0.1, 0.15) is 30.0 Å². The van der Waals surface area contributed by atoms with Crippen LogP contribution in [0.2, 0.25) is 0 Å². The highest BCUT2D eigenvalue weighted by molar-refractivity contribution is 5.97. The monoisotopic (exact) mass is 405 g/mol. The van der Waals surface area contributed by atoms with E-state index in [0.29, 0.717) is 17.1 Å². The minimum Gasteiger partial charge on any atom is -0.493 e. The number of para-hydroxylation sites is 2. The third kappa shape index (κ3) is 4.06. The Morgan fingerprint density at radius 1 is 1.17 bits per heavy atom. The van der Waals surface area contributed by atoms with Crippen LogP contribution in [-0.4, -0.2) is 31.8 Å². The molecule has 1 N–H and O–H groups in total. The van der Waals surface area contributed by atoms with Crippen molar-refractivity contribution in [2.75, 3.05) is 20.3 Å². The fourth-order valence-corrected chi connectivity index (χ4v) is 3.45. The Bertz CT molecular complexity index is 1150. The molecular weight excluding hydrogens is 382 g/mol. The van der Waals surface area contributed by atoms with Gasteiger partial charge in [0.15, 0.2) is 28.6 Å². The van der Waals surface area contributed by atoms with Crippen LogP contribution < -0.4 is 19.5 Å². The van der Waals surface area contributed by atoms with E-state index in [1.165, 1.54) is 0 Å². The van der Waals surface area contributed by atoms with Crippen LogP contribution >= 0.6 is 0 Å². The first-order chi connectivity index (χ1) is 14.5. The van der Waals surface area contributed by atoms with E-state index in [1.54, 1.807) is 19.2 Å². The van der Waals surface area contributed by atoms with Crippen LogP contribution in [0.4, 0.5) is 0 Å². The fourth-order valence-electron chi connectivity index (χ4n) is 3.45. The topological polar surface area (TPSA) is 69.9 Å². The molecule has 2 heterocycles. The summed E-state index contributed by atoms with van der Waals surface area (Å²) in [6.07, 6.45) is 0.852. The van der Waals surface area contributed by atoms with Crippen molar-refractivity contribution in [1.29, 1.82) is 0 Å². The van der Waals surface area contributed by atoms with Crippen molar-refractivity contribution in [3.8, 4) is 29.1 Å². The fraction of sp³-hybridized carbons (Fsp3) is 0.292. The number of hydrogen-bond donors (Lipinski definition) is 1. The van der Waals surface area contributed by atoms with Crippen LogP contribution in [0.3, 0.4) is 0 Å². The van der Waals surface area contributed by atoms with Crippen LogP contribution in [0.5, 0.6) is 17.2 Å². The van der Waals surface area contributed by atoms with Crippen LogP contribution in [-0.2, 0) is 6.42 Å². The number of hydrogen-bond acceptors (Lipinski definition) is 5. The zero-order chi connectivity index (χ0) is 21.1. The van der Waals surface area contributed by atoms with Gasteiger partial charge >= 0.3 is 0 Å². The molecule has 2 aromatic carbocycles. The molecule has 1 amide bonds. The Morgan fingerprint density at radius 2 is 1.97 bits per heavy atom. The lowest BCUT2D eigenvalue weighted by Gasteiger charge is -2.17. The summed E-state index contributed by atoms with van der Waals surface area (Å²) in [5, 5.41) is 3.53. The minimum absolute atomic E-state index is 0.187. The maximum absolute atomic E-state index is 12.3. The SMILES string of the molecule is COc1cccc2cc(C(=O)NCC#CCOc3cccc4c3OC(C)(C)C4)oc12. The van der Waals surface area contributed by atoms with Gasteiger partial charge in [-0.05, 0) is 32.0 Å². The number of fused-ring (bicyclic) bond motifs is 2. The average Bonchev–Trinajstić information content (AvgIpc) is 3.30. The van der Waals surface area contributed by atoms with Crippen molar-refractivity contribution in [3.63, 3.8) is 0 Å². The highest BCUT2D eigenvalue weighted by Gasteiger charge is 2.32. The van der Waals surface area contributed by atoms with Crippen LogP contribution in [0.15, 0.2) is 46.9 Å². The Kier molecular flexibility index (Phi) is 5.28. The number of nitrogens with one attached hydrogen (secondary N) is 1. The van der Waals surface area contributed by atoms with Gasteiger partial charge in [-0.3, -0.25) is 4.79 Å². The molecule has 154 valence electrons. The summed E-state index contributed by atoms with van der Waals surface area (Å²) in [7, 11) is 1.56. The molecule has 0 radical (unpaired) electrons. The summed E-state index contributed by atoms with van der Waals surface area (Å²) >= 11 is 0. The van der Waals surface area contributed by atoms with Gasteiger partial charge in [0.25, 0.3) is 5.91 Å². The molecule has 6 nitrogen and oxygen atoms in total. The number of benzene rings is 2. The second-order valence-corrected chi connectivity index (χ2v) is 7.60. The van der Waals surface area contributed by atoms with E-state index in [2.05, 4.69) is 31.0 Å². The molecule has 0 aliphatic carbocycles. The molecule has 3 aromatic rings. The van der Waals surface area contributed by atoms with Gasteiger partial charge in [-0.2, -0.15) is 0 Å². The number of rotatable bonds is 5. The van der Waals surface area contributed by atoms with Crippen molar-refractivity contribution in [2.45, 2.75) is 25.9 Å². The van der Waals surface area contributed by atoms with Gasteiger partial charge in [0.05, 0.1) is 13.7 Å². The summed E-state index contributed by atoms with van der Waals surface area (Å²) < 4.78 is 22.6. The van der Waals surface area contributed by atoms with Crippen LogP contribution in [0, 0.1) is 11.8 Å². The molecule has 0 fully saturated rings. The van der Waals surface area contributed by atoms with Gasteiger partial charge in [-0.1, -0.05) is 36.1 Å². The predicted molar refractivity (Wildman–Crippen MR) is 113 cm³/mol. The number of carbonyl (C=O) groups is 1. The Morgan fingerprint density at radius 3 is 2.80 bits per heavy atom. The average molecular weight is 405 g/mol. The minimum atomic E-state index is -0.333. The van der Waals surface area contributed by atoms with Gasteiger partial charge in [0.2, 0.25) is 0 Å². The number of methoxy groups -OCH3 is 1. The van der Waals surface area contributed by atoms with Gasteiger partial charge in [-0.25, -0.2) is 0 Å². The standard InChI is InChI=1S/C24H23NO5/c1-24(2)15-17-9-7-11-19(22(17)30-24)28-13-5-4-12-25-23(26)20-14-16-8-6-10-18(27-3)21(16)29-20/h6-11,14H,12-13,15H2,1-3H3,(H,25,26). The molecule has 0 saturated carbocycles. The van der Waals surface area contributed by atoms with E-state index in [1.807, 2.05) is 30.3 Å². The number of furan rings is 1. The molecule has 0 bridgehead atoms. The lowest BCUT2D eigenvalue weighted by atomic mass is 10.0.